The second-order valence-corrected chi connectivity index (χ2v) is 10.2. The van der Waals surface area contributed by atoms with Gasteiger partial charge in [-0.3, -0.25) is 14.7 Å². The summed E-state index contributed by atoms with van der Waals surface area (Å²) in [6, 6.07) is 5.51. The van der Waals surface area contributed by atoms with Crippen LogP contribution in [-0.2, 0) is 6.54 Å². The van der Waals surface area contributed by atoms with Gasteiger partial charge in [0.05, 0.1) is 5.56 Å². The number of nitrogens with one attached hydrogen (secondary N) is 1. The summed E-state index contributed by atoms with van der Waals surface area (Å²) in [4.78, 5) is 22.7. The van der Waals surface area contributed by atoms with Crippen LogP contribution < -0.4 is 5.32 Å². The largest absolute Gasteiger partial charge is 0.369 e. The number of pyridine rings is 2. The molecule has 1 amide bonds. The highest BCUT2D eigenvalue weighted by molar-refractivity contribution is 6.04. The Morgan fingerprint density at radius 1 is 1.14 bits per heavy atom. The quantitative estimate of drug-likeness (QED) is 0.490. The first-order chi connectivity index (χ1) is 16.7. The average molecular weight is 479 g/mol. The van der Waals surface area contributed by atoms with Crippen LogP contribution in [0.5, 0.6) is 0 Å². The molecule has 0 radical (unpaired) electrons. The molecule has 2 aliphatic rings. The van der Waals surface area contributed by atoms with Crippen LogP contribution in [0.2, 0.25) is 0 Å². The van der Waals surface area contributed by atoms with Crippen molar-refractivity contribution < 1.29 is 9.90 Å². The molecule has 6 heteroatoms. The number of amides is 1. The zero-order valence-electron chi connectivity index (χ0n) is 22.4. The predicted octanol–water partition coefficient (Wildman–Crippen LogP) is 6.87. The summed E-state index contributed by atoms with van der Waals surface area (Å²) in [6.07, 6.45) is 12.9. The van der Waals surface area contributed by atoms with Crippen LogP contribution in [0.4, 0.5) is 5.82 Å². The number of carbonyl (C=O) groups is 1. The molecule has 1 unspecified atom stereocenters. The number of fused-ring (bicyclic) bond motifs is 1. The number of aliphatic hydroxyl groups excluding tert-OH is 1. The summed E-state index contributed by atoms with van der Waals surface area (Å²) in [5, 5.41) is 13.9. The molecule has 4 rings (SSSR count). The Balaban J connectivity index is 0.000000371. The lowest BCUT2D eigenvalue weighted by atomic mass is 9.86. The molecule has 6 nitrogen and oxygen atoms in total. The number of hydrogen-bond donors (Lipinski definition) is 2. The van der Waals surface area contributed by atoms with E-state index < -0.39 is 6.23 Å². The van der Waals surface area contributed by atoms with Crippen LogP contribution in [-0.4, -0.2) is 25.9 Å². The first-order valence-corrected chi connectivity index (χ1v) is 12.7. The second-order valence-electron chi connectivity index (χ2n) is 10.2. The highest BCUT2D eigenvalue weighted by atomic mass is 16.3. The minimum absolute atomic E-state index is 0.214. The molecular weight excluding hydrogens is 436 g/mol. The molecule has 0 saturated carbocycles. The smallest absolute Gasteiger partial charge is 0.264 e. The van der Waals surface area contributed by atoms with Crippen molar-refractivity contribution in [1.29, 1.82) is 0 Å². The third-order valence-electron chi connectivity index (χ3n) is 5.47. The van der Waals surface area contributed by atoms with Gasteiger partial charge in [-0.15, -0.1) is 0 Å². The van der Waals surface area contributed by atoms with Crippen molar-refractivity contribution in [2.75, 3.05) is 5.32 Å². The van der Waals surface area contributed by atoms with Gasteiger partial charge in [-0.25, -0.2) is 4.98 Å². The Morgan fingerprint density at radius 2 is 1.83 bits per heavy atom. The monoisotopic (exact) mass is 478 g/mol. The van der Waals surface area contributed by atoms with Crippen molar-refractivity contribution in [1.82, 2.24) is 14.9 Å². The number of hydrogen-bond acceptors (Lipinski definition) is 5. The third-order valence-corrected chi connectivity index (χ3v) is 5.47. The van der Waals surface area contributed by atoms with Gasteiger partial charge in [-0.1, -0.05) is 60.6 Å². The van der Waals surface area contributed by atoms with Gasteiger partial charge >= 0.3 is 0 Å². The third kappa shape index (κ3) is 8.03. The maximum atomic E-state index is 12.9. The van der Waals surface area contributed by atoms with Gasteiger partial charge in [-0.2, -0.15) is 0 Å². The van der Waals surface area contributed by atoms with Crippen LogP contribution in [0, 0.1) is 11.3 Å². The van der Waals surface area contributed by atoms with Crippen molar-refractivity contribution in [2.24, 2.45) is 11.3 Å². The Labute approximate surface area is 211 Å². The number of anilines is 1. The lowest BCUT2D eigenvalue weighted by molar-refractivity contribution is 0.0322. The fourth-order valence-corrected chi connectivity index (χ4v) is 4.41. The maximum absolute atomic E-state index is 12.9. The van der Waals surface area contributed by atoms with E-state index in [4.69, 9.17) is 0 Å². The molecule has 190 valence electrons. The molecular formula is C29H42N4O2. The number of rotatable bonds is 5. The molecule has 35 heavy (non-hydrogen) atoms. The number of allylic oxidation sites excluding steroid dienone is 4. The molecule has 0 saturated heterocycles. The Bertz CT molecular complexity index is 1010. The maximum Gasteiger partial charge on any atom is 0.264 e. The molecule has 1 atom stereocenters. The highest BCUT2D eigenvalue weighted by Crippen LogP contribution is 2.39. The zero-order chi connectivity index (χ0) is 26.0. The van der Waals surface area contributed by atoms with Crippen molar-refractivity contribution >= 4 is 11.7 Å². The Hall–Kier alpha value is -2.99. The van der Waals surface area contributed by atoms with Crippen molar-refractivity contribution in [3.63, 3.8) is 0 Å². The van der Waals surface area contributed by atoms with Gasteiger partial charge < -0.3 is 10.4 Å². The summed E-state index contributed by atoms with van der Waals surface area (Å²) < 4.78 is 0. The number of aliphatic hydroxyl groups is 1. The Morgan fingerprint density at radius 3 is 2.37 bits per heavy atom. The van der Waals surface area contributed by atoms with Gasteiger partial charge in [0, 0.05) is 36.4 Å². The summed E-state index contributed by atoms with van der Waals surface area (Å²) in [5.41, 5.74) is 3.43. The molecule has 1 aliphatic heterocycles. The lowest BCUT2D eigenvalue weighted by Gasteiger charge is -2.24. The molecule has 0 spiro atoms. The average Bonchev–Trinajstić information content (AvgIpc) is 3.09. The summed E-state index contributed by atoms with van der Waals surface area (Å²) >= 11 is 0. The molecule has 1 aliphatic carbocycles. The van der Waals surface area contributed by atoms with E-state index in [1.807, 2.05) is 44.2 Å². The van der Waals surface area contributed by atoms with Crippen LogP contribution in [0.25, 0.3) is 0 Å². The minimum atomic E-state index is -0.968. The van der Waals surface area contributed by atoms with Gasteiger partial charge in [0.2, 0.25) is 0 Å². The van der Waals surface area contributed by atoms with Gasteiger partial charge in [0.1, 0.15) is 5.82 Å². The topological polar surface area (TPSA) is 78.3 Å². The first-order valence-electron chi connectivity index (χ1n) is 12.7. The van der Waals surface area contributed by atoms with Crippen molar-refractivity contribution in [3.8, 4) is 0 Å². The first kappa shape index (κ1) is 28.2. The minimum Gasteiger partial charge on any atom is -0.369 e. The van der Waals surface area contributed by atoms with Crippen LogP contribution >= 0.6 is 0 Å². The van der Waals surface area contributed by atoms with E-state index in [1.54, 1.807) is 24.7 Å². The number of aromatic nitrogens is 2. The Kier molecular flexibility index (Phi) is 10.6. The van der Waals surface area contributed by atoms with E-state index >= 15 is 0 Å². The molecule has 0 fully saturated rings. The summed E-state index contributed by atoms with van der Waals surface area (Å²) in [6.45, 7) is 15.9. The number of nitrogens with zero attached hydrogens (tertiary/aromatic N) is 3. The second kappa shape index (κ2) is 13.2. The van der Waals surface area contributed by atoms with Crippen molar-refractivity contribution in [2.45, 2.75) is 80.5 Å². The van der Waals surface area contributed by atoms with Crippen molar-refractivity contribution in [3.05, 3.63) is 77.4 Å². The van der Waals surface area contributed by atoms with E-state index in [0.29, 0.717) is 28.9 Å². The van der Waals surface area contributed by atoms with E-state index in [-0.39, 0.29) is 5.91 Å². The van der Waals surface area contributed by atoms with Crippen LogP contribution in [0.3, 0.4) is 0 Å². The normalized spacial score (nSPS) is 16.6. The molecule has 3 heterocycles. The lowest BCUT2D eigenvalue weighted by Crippen LogP contribution is -2.28. The fourth-order valence-electron chi connectivity index (χ4n) is 4.41. The number of carbonyl (C=O) groups excluding carboxylic acids is 1. The molecule has 0 aromatic carbocycles. The van der Waals surface area contributed by atoms with E-state index in [2.05, 4.69) is 49.9 Å². The van der Waals surface area contributed by atoms with E-state index in [9.17, 15) is 9.90 Å². The standard InChI is InChI=1S/C19H18N4O2.C8H18.C2H6/c24-18-15-8-11-21-17(22-12-13-6-9-20-10-7-13)16(15)19(25)23(18)14-4-2-1-3-5-14;1-7(2)6-8(3,4)5;1-2/h1-2,4,6-11,18,24H,3,5,12H2,(H,21,22);7H,6H2,1-5H3;1-2H3. The van der Waals surface area contributed by atoms with E-state index in [1.165, 1.54) is 11.3 Å². The predicted molar refractivity (Wildman–Crippen MR) is 144 cm³/mol. The van der Waals surface area contributed by atoms with Crippen LogP contribution in [0.1, 0.15) is 95.4 Å². The summed E-state index contributed by atoms with van der Waals surface area (Å²) in [7, 11) is 0. The summed E-state index contributed by atoms with van der Waals surface area (Å²) in [5.74, 6) is 1.12. The molecule has 0 bridgehead atoms. The fraction of sp³-hybridized carbons (Fsp3) is 0.483. The molecule has 2 aromatic heterocycles. The highest BCUT2D eigenvalue weighted by Gasteiger charge is 2.39. The zero-order valence-corrected chi connectivity index (χ0v) is 22.4. The van der Waals surface area contributed by atoms with Gasteiger partial charge in [-0.05, 0) is 60.4 Å². The van der Waals surface area contributed by atoms with Gasteiger partial charge in [0.25, 0.3) is 5.91 Å². The van der Waals surface area contributed by atoms with E-state index in [0.717, 1.165) is 30.0 Å². The van der Waals surface area contributed by atoms with Gasteiger partial charge in [0.15, 0.2) is 6.23 Å². The molecule has 2 aromatic rings. The SMILES string of the molecule is CC.CC(C)CC(C)(C)C.O=C1c2c(ccnc2NCc2ccncc2)C(O)N1C1=CC=CCC1. The van der Waals surface area contributed by atoms with Crippen LogP contribution in [0.15, 0.2) is 60.7 Å². The molecule has 2 N–H and O–H groups in total.